The summed E-state index contributed by atoms with van der Waals surface area (Å²) in [4.78, 5) is 28.1. The van der Waals surface area contributed by atoms with Gasteiger partial charge in [-0.05, 0) is 37.1 Å². The first-order valence-corrected chi connectivity index (χ1v) is 6.93. The van der Waals surface area contributed by atoms with Gasteiger partial charge in [0.25, 0.3) is 0 Å². The molecule has 0 atom stereocenters. The number of nitro benzene ring substituents is 1. The second-order valence-corrected chi connectivity index (χ2v) is 5.22. The molecule has 1 aromatic carbocycles. The summed E-state index contributed by atoms with van der Waals surface area (Å²) in [7, 11) is 0. The maximum atomic E-state index is 11.5. The van der Waals surface area contributed by atoms with Gasteiger partial charge >= 0.3 is 5.69 Å². The van der Waals surface area contributed by atoms with Gasteiger partial charge in [-0.25, -0.2) is 0 Å². The Hall–Kier alpha value is -2.50. The SMILES string of the molecule is O=CC1CCN(c2ccc3ncccc3c2[N+](=O)[O-])CC1. The van der Waals surface area contributed by atoms with Crippen LogP contribution in [0.3, 0.4) is 0 Å². The van der Waals surface area contributed by atoms with Crippen molar-refractivity contribution >= 4 is 28.6 Å². The second kappa shape index (κ2) is 5.47. The number of carbonyl (C=O) groups is 1. The molecular weight excluding hydrogens is 270 g/mol. The minimum Gasteiger partial charge on any atom is -0.366 e. The number of rotatable bonds is 3. The summed E-state index contributed by atoms with van der Waals surface area (Å²) in [5.41, 5.74) is 1.34. The summed E-state index contributed by atoms with van der Waals surface area (Å²) in [6.07, 6.45) is 4.09. The highest BCUT2D eigenvalue weighted by Crippen LogP contribution is 2.36. The molecule has 1 aliphatic rings. The number of fused-ring (bicyclic) bond motifs is 1. The van der Waals surface area contributed by atoms with Gasteiger partial charge in [-0.15, -0.1) is 0 Å². The van der Waals surface area contributed by atoms with E-state index in [0.29, 0.717) is 29.7 Å². The highest BCUT2D eigenvalue weighted by atomic mass is 16.6. The molecule has 2 aromatic rings. The normalized spacial score (nSPS) is 16.1. The van der Waals surface area contributed by atoms with E-state index in [1.807, 2.05) is 11.0 Å². The van der Waals surface area contributed by atoms with Crippen molar-refractivity contribution in [2.75, 3.05) is 18.0 Å². The molecule has 0 aliphatic carbocycles. The van der Waals surface area contributed by atoms with Gasteiger partial charge < -0.3 is 9.69 Å². The number of piperidine rings is 1. The van der Waals surface area contributed by atoms with Gasteiger partial charge in [-0.2, -0.15) is 0 Å². The van der Waals surface area contributed by atoms with Crippen molar-refractivity contribution in [3.05, 3.63) is 40.6 Å². The van der Waals surface area contributed by atoms with Gasteiger partial charge in [-0.1, -0.05) is 0 Å². The molecule has 0 amide bonds. The molecule has 1 aromatic heterocycles. The van der Waals surface area contributed by atoms with E-state index >= 15 is 0 Å². The summed E-state index contributed by atoms with van der Waals surface area (Å²) in [6.45, 7) is 1.33. The minimum absolute atomic E-state index is 0.0717. The fraction of sp³-hybridized carbons (Fsp3) is 0.333. The van der Waals surface area contributed by atoms with Crippen molar-refractivity contribution in [2.45, 2.75) is 12.8 Å². The van der Waals surface area contributed by atoms with Crippen LogP contribution in [0.15, 0.2) is 30.5 Å². The Morgan fingerprint density at radius 2 is 2.05 bits per heavy atom. The molecule has 0 radical (unpaired) electrons. The third-order valence-corrected chi connectivity index (χ3v) is 3.99. The molecule has 6 heteroatoms. The van der Waals surface area contributed by atoms with Crippen LogP contribution in [-0.2, 0) is 4.79 Å². The zero-order valence-electron chi connectivity index (χ0n) is 11.4. The third kappa shape index (κ3) is 2.44. The summed E-state index contributed by atoms with van der Waals surface area (Å²) in [5, 5.41) is 12.0. The van der Waals surface area contributed by atoms with Crippen LogP contribution in [-0.4, -0.2) is 29.3 Å². The first-order valence-electron chi connectivity index (χ1n) is 6.93. The lowest BCUT2D eigenvalue weighted by Crippen LogP contribution is -2.34. The summed E-state index contributed by atoms with van der Waals surface area (Å²) >= 11 is 0. The lowest BCUT2D eigenvalue weighted by Gasteiger charge is -2.31. The van der Waals surface area contributed by atoms with Crippen molar-refractivity contribution in [3.8, 4) is 0 Å². The Labute approximate surface area is 121 Å². The van der Waals surface area contributed by atoms with Gasteiger partial charge in [0.15, 0.2) is 0 Å². The van der Waals surface area contributed by atoms with Crippen LogP contribution in [0.1, 0.15) is 12.8 Å². The minimum atomic E-state index is -0.342. The Bertz CT molecular complexity index is 694. The van der Waals surface area contributed by atoms with Crippen LogP contribution in [0.5, 0.6) is 0 Å². The van der Waals surface area contributed by atoms with E-state index in [-0.39, 0.29) is 16.5 Å². The molecule has 0 N–H and O–H groups in total. The number of pyridine rings is 1. The Morgan fingerprint density at radius 1 is 1.29 bits per heavy atom. The number of carbonyl (C=O) groups excluding carboxylic acids is 1. The molecule has 6 nitrogen and oxygen atoms in total. The summed E-state index contributed by atoms with van der Waals surface area (Å²) < 4.78 is 0. The number of hydrogen-bond donors (Lipinski definition) is 0. The van der Waals surface area contributed by atoms with Crippen molar-refractivity contribution in [3.63, 3.8) is 0 Å². The number of anilines is 1. The molecule has 0 saturated carbocycles. The van der Waals surface area contributed by atoms with Crippen molar-refractivity contribution in [1.29, 1.82) is 0 Å². The molecule has 0 spiro atoms. The van der Waals surface area contributed by atoms with Gasteiger partial charge in [0.1, 0.15) is 12.0 Å². The average molecular weight is 285 g/mol. The topological polar surface area (TPSA) is 76.3 Å². The Balaban J connectivity index is 2.04. The van der Waals surface area contributed by atoms with E-state index in [9.17, 15) is 14.9 Å². The fourth-order valence-electron chi connectivity index (χ4n) is 2.85. The van der Waals surface area contributed by atoms with Gasteiger partial charge in [-0.3, -0.25) is 15.1 Å². The van der Waals surface area contributed by atoms with Crippen molar-refractivity contribution < 1.29 is 9.72 Å². The Kier molecular flexibility index (Phi) is 3.51. The molecule has 2 heterocycles. The predicted molar refractivity (Wildman–Crippen MR) is 79.4 cm³/mol. The van der Waals surface area contributed by atoms with E-state index in [1.54, 1.807) is 24.4 Å². The quantitative estimate of drug-likeness (QED) is 0.492. The van der Waals surface area contributed by atoms with Crippen LogP contribution in [0.4, 0.5) is 11.4 Å². The van der Waals surface area contributed by atoms with Crippen LogP contribution >= 0.6 is 0 Å². The number of aldehydes is 1. The van der Waals surface area contributed by atoms with E-state index in [2.05, 4.69) is 4.98 Å². The maximum Gasteiger partial charge on any atom is 0.301 e. The van der Waals surface area contributed by atoms with Gasteiger partial charge in [0.2, 0.25) is 0 Å². The zero-order valence-corrected chi connectivity index (χ0v) is 11.4. The van der Waals surface area contributed by atoms with Crippen molar-refractivity contribution in [1.82, 2.24) is 4.98 Å². The largest absolute Gasteiger partial charge is 0.366 e. The molecule has 3 rings (SSSR count). The zero-order chi connectivity index (χ0) is 14.8. The molecule has 0 unspecified atom stereocenters. The molecule has 21 heavy (non-hydrogen) atoms. The fourth-order valence-corrected chi connectivity index (χ4v) is 2.85. The molecule has 1 saturated heterocycles. The highest BCUT2D eigenvalue weighted by molar-refractivity contribution is 5.94. The second-order valence-electron chi connectivity index (χ2n) is 5.22. The number of nitrogens with zero attached hydrogens (tertiary/aromatic N) is 3. The Morgan fingerprint density at radius 3 is 2.71 bits per heavy atom. The number of benzene rings is 1. The van der Waals surface area contributed by atoms with E-state index in [1.165, 1.54) is 0 Å². The highest BCUT2D eigenvalue weighted by Gasteiger charge is 2.26. The molecule has 0 bridgehead atoms. The molecular formula is C15H15N3O3. The van der Waals surface area contributed by atoms with Crippen LogP contribution in [0.2, 0.25) is 0 Å². The summed E-state index contributed by atoms with van der Waals surface area (Å²) in [6, 6.07) is 7.00. The van der Waals surface area contributed by atoms with E-state index in [4.69, 9.17) is 0 Å². The standard InChI is InChI=1S/C15H15N3O3/c19-10-11-5-8-17(9-6-11)14-4-3-13-12(2-1-7-16-13)15(14)18(20)21/h1-4,7,10-11H,5-6,8-9H2. The maximum absolute atomic E-state index is 11.5. The van der Waals surface area contributed by atoms with Gasteiger partial charge in [0.05, 0.1) is 15.8 Å². The number of hydrogen-bond acceptors (Lipinski definition) is 5. The third-order valence-electron chi connectivity index (χ3n) is 3.99. The van der Waals surface area contributed by atoms with Crippen LogP contribution in [0, 0.1) is 16.0 Å². The molecule has 1 aliphatic heterocycles. The van der Waals surface area contributed by atoms with Crippen LogP contribution in [0.25, 0.3) is 10.9 Å². The predicted octanol–water partition coefficient (Wildman–Crippen LogP) is 2.56. The lowest BCUT2D eigenvalue weighted by molar-refractivity contribution is -0.382. The van der Waals surface area contributed by atoms with Gasteiger partial charge in [0, 0.05) is 25.2 Å². The first-order chi connectivity index (χ1) is 10.2. The molecule has 108 valence electrons. The average Bonchev–Trinajstić information content (AvgIpc) is 2.53. The smallest absolute Gasteiger partial charge is 0.301 e. The van der Waals surface area contributed by atoms with Crippen molar-refractivity contribution in [2.24, 2.45) is 5.92 Å². The summed E-state index contributed by atoms with van der Waals surface area (Å²) in [5.74, 6) is 0.0717. The van der Waals surface area contributed by atoms with E-state index < -0.39 is 0 Å². The number of nitro groups is 1. The van der Waals surface area contributed by atoms with E-state index in [0.717, 1.165) is 19.1 Å². The molecule has 1 fully saturated rings. The monoisotopic (exact) mass is 285 g/mol. The lowest BCUT2D eigenvalue weighted by atomic mass is 9.97. The number of aromatic nitrogens is 1. The van der Waals surface area contributed by atoms with Crippen LogP contribution < -0.4 is 4.90 Å². The first kappa shape index (κ1) is 13.5.